The Bertz CT molecular complexity index is 351. The van der Waals surface area contributed by atoms with E-state index in [2.05, 4.69) is 27.4 Å². The number of ketones is 1. The van der Waals surface area contributed by atoms with Gasteiger partial charge in [-0.25, -0.2) is 0 Å². The van der Waals surface area contributed by atoms with Gasteiger partial charge in [-0.3, -0.25) is 9.59 Å². The summed E-state index contributed by atoms with van der Waals surface area (Å²) in [5.74, 6) is -0.0186. The Labute approximate surface area is 110 Å². The van der Waals surface area contributed by atoms with Crippen LogP contribution in [0.2, 0.25) is 0 Å². The molecule has 0 saturated heterocycles. The molecule has 0 aromatic rings. The summed E-state index contributed by atoms with van der Waals surface area (Å²) in [7, 11) is 0. The van der Waals surface area contributed by atoms with Crippen molar-refractivity contribution < 1.29 is 14.3 Å². The third-order valence-corrected chi connectivity index (χ3v) is 4.00. The molecule has 1 rings (SSSR count). The number of carbonyl (C=O) groups is 2. The van der Waals surface area contributed by atoms with Crippen molar-refractivity contribution in [3.05, 3.63) is 12.7 Å². The predicted octanol–water partition coefficient (Wildman–Crippen LogP) is 3.14. The van der Waals surface area contributed by atoms with E-state index in [0.717, 1.165) is 6.42 Å². The van der Waals surface area contributed by atoms with Gasteiger partial charge < -0.3 is 4.74 Å². The first-order chi connectivity index (χ1) is 8.21. The maximum absolute atomic E-state index is 12.1. The monoisotopic (exact) mass is 252 g/mol. The Hall–Kier alpha value is -1.12. The lowest BCUT2D eigenvalue weighted by Crippen LogP contribution is -2.45. The van der Waals surface area contributed by atoms with Gasteiger partial charge in [-0.05, 0) is 31.1 Å². The van der Waals surface area contributed by atoms with Crippen molar-refractivity contribution in [1.29, 1.82) is 0 Å². The first-order valence-corrected chi connectivity index (χ1v) is 6.53. The minimum Gasteiger partial charge on any atom is -0.461 e. The predicted molar refractivity (Wildman–Crippen MR) is 71.1 cm³/mol. The molecule has 3 nitrogen and oxygen atoms in total. The van der Waals surface area contributed by atoms with Gasteiger partial charge in [0.25, 0.3) is 0 Å². The molecule has 0 bridgehead atoms. The topological polar surface area (TPSA) is 43.4 Å². The molecule has 0 heterocycles. The highest BCUT2D eigenvalue weighted by Crippen LogP contribution is 2.44. The molecule has 0 spiro atoms. The Balaban J connectivity index is 2.86. The van der Waals surface area contributed by atoms with Crippen molar-refractivity contribution in [2.24, 2.45) is 16.7 Å². The summed E-state index contributed by atoms with van der Waals surface area (Å²) in [4.78, 5) is 24.1. The number of carbonyl (C=O) groups excluding carboxylic acids is 2. The molecule has 0 radical (unpaired) electrons. The molecular weight excluding hydrogens is 228 g/mol. The van der Waals surface area contributed by atoms with Gasteiger partial charge in [0.2, 0.25) is 0 Å². The van der Waals surface area contributed by atoms with Crippen LogP contribution in [-0.4, -0.2) is 18.4 Å². The fourth-order valence-corrected chi connectivity index (χ4v) is 2.52. The molecule has 3 heteroatoms. The minimum atomic E-state index is -0.973. The first kappa shape index (κ1) is 14.9. The van der Waals surface area contributed by atoms with Crippen LogP contribution in [0.25, 0.3) is 0 Å². The summed E-state index contributed by atoms with van der Waals surface area (Å²) in [6.07, 6.45) is 3.45. The Kier molecular flexibility index (Phi) is 4.36. The number of rotatable bonds is 3. The Morgan fingerprint density at radius 2 is 2.17 bits per heavy atom. The molecule has 1 saturated carbocycles. The second-order valence-corrected chi connectivity index (χ2v) is 6.45. The van der Waals surface area contributed by atoms with Gasteiger partial charge in [-0.15, -0.1) is 0 Å². The average molecular weight is 252 g/mol. The third-order valence-electron chi connectivity index (χ3n) is 4.00. The van der Waals surface area contributed by atoms with E-state index in [1.54, 1.807) is 6.92 Å². The Morgan fingerprint density at radius 1 is 1.56 bits per heavy atom. The molecule has 0 aliphatic heterocycles. The lowest BCUT2D eigenvalue weighted by molar-refractivity contribution is -0.162. The second-order valence-electron chi connectivity index (χ2n) is 6.45. The largest absolute Gasteiger partial charge is 0.461 e. The number of hydrogen-bond acceptors (Lipinski definition) is 3. The van der Waals surface area contributed by atoms with Gasteiger partial charge in [-0.1, -0.05) is 33.4 Å². The normalized spacial score (nSPS) is 28.9. The van der Waals surface area contributed by atoms with Crippen molar-refractivity contribution in [3.63, 3.8) is 0 Å². The van der Waals surface area contributed by atoms with Crippen LogP contribution in [0.15, 0.2) is 12.7 Å². The van der Waals surface area contributed by atoms with E-state index in [4.69, 9.17) is 4.74 Å². The third kappa shape index (κ3) is 3.01. The Morgan fingerprint density at radius 3 is 2.67 bits per heavy atom. The van der Waals surface area contributed by atoms with Crippen LogP contribution in [-0.2, 0) is 14.3 Å². The van der Waals surface area contributed by atoms with Crippen molar-refractivity contribution in [1.82, 2.24) is 0 Å². The zero-order valence-corrected chi connectivity index (χ0v) is 11.9. The first-order valence-electron chi connectivity index (χ1n) is 6.53. The summed E-state index contributed by atoms with van der Waals surface area (Å²) in [5, 5.41) is 0. The van der Waals surface area contributed by atoms with E-state index >= 15 is 0 Å². The fraction of sp³-hybridized carbons (Fsp3) is 0.733. The quantitative estimate of drug-likeness (QED) is 0.440. The highest BCUT2D eigenvalue weighted by Gasteiger charge is 2.48. The number of ether oxygens (including phenoxy) is 1. The highest BCUT2D eigenvalue weighted by molar-refractivity contribution is 6.03. The molecule has 0 amide bonds. The maximum Gasteiger partial charge on any atom is 0.319 e. The van der Waals surface area contributed by atoms with Crippen molar-refractivity contribution in [3.8, 4) is 0 Å². The van der Waals surface area contributed by atoms with Gasteiger partial charge >= 0.3 is 5.97 Å². The number of hydrogen-bond donors (Lipinski definition) is 0. The van der Waals surface area contributed by atoms with Crippen molar-refractivity contribution in [2.45, 2.75) is 47.0 Å². The average Bonchev–Trinajstić information content (AvgIpc) is 2.28. The van der Waals surface area contributed by atoms with E-state index in [0.29, 0.717) is 18.8 Å². The SMILES string of the molecule is C=CCOC(=O)[C@@]1(C)C[C@@H](C(C)(C)C)CCC1=O. The highest BCUT2D eigenvalue weighted by atomic mass is 16.5. The van der Waals surface area contributed by atoms with Gasteiger partial charge in [0.05, 0.1) is 0 Å². The molecule has 0 aromatic carbocycles. The molecule has 0 N–H and O–H groups in total. The van der Waals surface area contributed by atoms with Gasteiger partial charge in [0, 0.05) is 6.42 Å². The smallest absolute Gasteiger partial charge is 0.319 e. The van der Waals surface area contributed by atoms with E-state index in [-0.39, 0.29) is 17.8 Å². The van der Waals surface area contributed by atoms with E-state index in [1.165, 1.54) is 6.08 Å². The lowest BCUT2D eigenvalue weighted by atomic mass is 9.63. The zero-order chi connectivity index (χ0) is 14.0. The van der Waals surface area contributed by atoms with Crippen LogP contribution in [0, 0.1) is 16.7 Å². The van der Waals surface area contributed by atoms with Gasteiger partial charge in [-0.2, -0.15) is 0 Å². The minimum absolute atomic E-state index is 0.0112. The summed E-state index contributed by atoms with van der Waals surface area (Å²) < 4.78 is 5.09. The standard InChI is InChI=1S/C15H24O3/c1-6-9-18-13(17)15(5)10-11(14(2,3)4)7-8-12(15)16/h6,11H,1,7-10H2,2-5H3/t11-,15-/m0/s1. The van der Waals surface area contributed by atoms with E-state index in [1.807, 2.05) is 0 Å². The molecule has 1 aliphatic rings. The number of esters is 1. The van der Waals surface area contributed by atoms with E-state index in [9.17, 15) is 9.59 Å². The second kappa shape index (κ2) is 5.25. The zero-order valence-electron chi connectivity index (χ0n) is 11.9. The molecular formula is C15H24O3. The van der Waals surface area contributed by atoms with Gasteiger partial charge in [0.15, 0.2) is 0 Å². The molecule has 1 aliphatic carbocycles. The van der Waals surface area contributed by atoms with Gasteiger partial charge in [0.1, 0.15) is 17.8 Å². The molecule has 0 unspecified atom stereocenters. The van der Waals surface area contributed by atoms with Crippen LogP contribution in [0.3, 0.4) is 0 Å². The summed E-state index contributed by atoms with van der Waals surface area (Å²) >= 11 is 0. The van der Waals surface area contributed by atoms with Crippen LogP contribution < -0.4 is 0 Å². The molecule has 102 valence electrons. The van der Waals surface area contributed by atoms with E-state index < -0.39 is 11.4 Å². The summed E-state index contributed by atoms with van der Waals surface area (Å²) in [5.41, 5.74) is -0.861. The molecule has 18 heavy (non-hydrogen) atoms. The van der Waals surface area contributed by atoms with Crippen LogP contribution >= 0.6 is 0 Å². The fourth-order valence-electron chi connectivity index (χ4n) is 2.52. The number of Topliss-reactive ketones (excluding diaryl/α,β-unsaturated/α-hetero) is 1. The van der Waals surface area contributed by atoms with Crippen molar-refractivity contribution >= 4 is 11.8 Å². The van der Waals surface area contributed by atoms with Crippen LogP contribution in [0.5, 0.6) is 0 Å². The lowest BCUT2D eigenvalue weighted by Gasteiger charge is -2.40. The maximum atomic E-state index is 12.1. The van der Waals surface area contributed by atoms with Crippen molar-refractivity contribution in [2.75, 3.05) is 6.61 Å². The molecule has 0 aromatic heterocycles. The summed E-state index contributed by atoms with van der Waals surface area (Å²) in [6, 6.07) is 0. The molecule has 1 fully saturated rings. The van der Waals surface area contributed by atoms with Crippen LogP contribution in [0.1, 0.15) is 47.0 Å². The van der Waals surface area contributed by atoms with Crippen LogP contribution in [0.4, 0.5) is 0 Å². The summed E-state index contributed by atoms with van der Waals surface area (Å²) in [6.45, 7) is 11.9. The molecule has 2 atom stereocenters.